The number of thioether (sulfide) groups is 1. The van der Waals surface area contributed by atoms with E-state index in [1.165, 1.54) is 16.3 Å². The van der Waals surface area contributed by atoms with Crippen molar-refractivity contribution in [1.29, 1.82) is 0 Å². The van der Waals surface area contributed by atoms with Crippen molar-refractivity contribution in [1.82, 2.24) is 28.9 Å². The molecule has 0 atom stereocenters. The zero-order valence-electron chi connectivity index (χ0n) is 10.5. The molecular formula is C11H12N6OS. The largest absolute Gasteiger partial charge is 0.294 e. The molecule has 0 fully saturated rings. The second-order valence-corrected chi connectivity index (χ2v) is 4.82. The van der Waals surface area contributed by atoms with Gasteiger partial charge in [0.05, 0.1) is 0 Å². The molecule has 0 saturated heterocycles. The minimum absolute atomic E-state index is 0.169. The number of hydrogen-bond acceptors (Lipinski definition) is 5. The Kier molecular flexibility index (Phi) is 2.86. The van der Waals surface area contributed by atoms with E-state index in [1.807, 2.05) is 30.0 Å². The van der Waals surface area contributed by atoms with Gasteiger partial charge in [-0.2, -0.15) is 14.6 Å². The lowest BCUT2D eigenvalue weighted by atomic mass is 10.4. The van der Waals surface area contributed by atoms with Crippen LogP contribution in [0.5, 0.6) is 0 Å². The second kappa shape index (κ2) is 4.54. The van der Waals surface area contributed by atoms with E-state index in [0.717, 1.165) is 5.69 Å². The summed E-state index contributed by atoms with van der Waals surface area (Å²) in [7, 11) is 0. The van der Waals surface area contributed by atoms with E-state index >= 15 is 0 Å². The summed E-state index contributed by atoms with van der Waals surface area (Å²) in [6, 6.07) is 3.40. The van der Waals surface area contributed by atoms with Gasteiger partial charge in [-0.1, -0.05) is 11.8 Å². The molecule has 0 amide bonds. The van der Waals surface area contributed by atoms with Crippen LogP contribution in [-0.4, -0.2) is 35.2 Å². The summed E-state index contributed by atoms with van der Waals surface area (Å²) < 4.78 is 4.99. The molecule has 3 heterocycles. The maximum absolute atomic E-state index is 11.9. The molecule has 0 radical (unpaired) electrons. The molecule has 3 aromatic heterocycles. The standard InChI is InChI=1S/C11H12N6OS/c1-8-6-9(18)17-11(13-10(14-17)19-2)16(8)7-15-5-3-4-12-15/h3-6H,7H2,1-2H3. The van der Waals surface area contributed by atoms with E-state index in [2.05, 4.69) is 15.2 Å². The third-order valence-corrected chi connectivity index (χ3v) is 3.35. The van der Waals surface area contributed by atoms with Gasteiger partial charge in [0.25, 0.3) is 5.56 Å². The fourth-order valence-corrected chi connectivity index (χ4v) is 2.21. The van der Waals surface area contributed by atoms with Crippen LogP contribution in [0.1, 0.15) is 5.69 Å². The highest BCUT2D eigenvalue weighted by Crippen LogP contribution is 2.11. The Hall–Kier alpha value is -2.09. The van der Waals surface area contributed by atoms with E-state index in [0.29, 0.717) is 17.6 Å². The Morgan fingerprint density at radius 2 is 2.26 bits per heavy atom. The molecule has 0 aliphatic rings. The van der Waals surface area contributed by atoms with E-state index in [4.69, 9.17) is 0 Å². The van der Waals surface area contributed by atoms with E-state index in [9.17, 15) is 4.79 Å². The van der Waals surface area contributed by atoms with Gasteiger partial charge in [0.15, 0.2) is 0 Å². The third kappa shape index (κ3) is 2.03. The Morgan fingerprint density at radius 1 is 1.42 bits per heavy atom. The Labute approximate surface area is 112 Å². The molecule has 98 valence electrons. The van der Waals surface area contributed by atoms with Crippen LogP contribution in [0.15, 0.2) is 34.5 Å². The average molecular weight is 276 g/mol. The van der Waals surface area contributed by atoms with Crippen LogP contribution in [0.3, 0.4) is 0 Å². The first-order valence-corrected chi connectivity index (χ1v) is 6.90. The first kappa shape index (κ1) is 12.0. The van der Waals surface area contributed by atoms with Gasteiger partial charge in [-0.3, -0.25) is 14.0 Å². The Bertz CT molecular complexity index is 772. The molecule has 3 rings (SSSR count). The number of aryl methyl sites for hydroxylation is 1. The smallest absolute Gasteiger partial charge is 0.275 e. The highest BCUT2D eigenvalue weighted by Gasteiger charge is 2.11. The first-order valence-electron chi connectivity index (χ1n) is 5.67. The lowest BCUT2D eigenvalue weighted by Crippen LogP contribution is -2.22. The van der Waals surface area contributed by atoms with Crippen LogP contribution in [0.2, 0.25) is 0 Å². The zero-order valence-corrected chi connectivity index (χ0v) is 11.3. The molecule has 19 heavy (non-hydrogen) atoms. The van der Waals surface area contributed by atoms with Gasteiger partial charge in [-0.25, -0.2) is 0 Å². The van der Waals surface area contributed by atoms with Gasteiger partial charge in [-0.05, 0) is 19.2 Å². The van der Waals surface area contributed by atoms with Gasteiger partial charge in [0, 0.05) is 24.2 Å². The minimum Gasteiger partial charge on any atom is -0.294 e. The van der Waals surface area contributed by atoms with Gasteiger partial charge in [0.1, 0.15) is 6.67 Å². The molecule has 0 saturated carbocycles. The quantitative estimate of drug-likeness (QED) is 0.656. The van der Waals surface area contributed by atoms with Crippen LogP contribution < -0.4 is 5.56 Å². The molecule has 0 aliphatic carbocycles. The van der Waals surface area contributed by atoms with Crippen LogP contribution in [0.25, 0.3) is 5.78 Å². The fourth-order valence-electron chi connectivity index (χ4n) is 1.87. The van der Waals surface area contributed by atoms with E-state index in [-0.39, 0.29) is 5.56 Å². The number of nitrogens with zero attached hydrogens (tertiary/aromatic N) is 6. The maximum atomic E-state index is 11.9. The predicted molar refractivity (Wildman–Crippen MR) is 71.4 cm³/mol. The number of rotatable bonds is 3. The molecule has 3 aromatic rings. The van der Waals surface area contributed by atoms with Crippen LogP contribution >= 0.6 is 11.8 Å². The number of aromatic nitrogens is 6. The third-order valence-electron chi connectivity index (χ3n) is 2.81. The fraction of sp³-hybridized carbons (Fsp3) is 0.273. The predicted octanol–water partition coefficient (Wildman–Crippen LogP) is 0.624. The molecule has 0 aromatic carbocycles. The molecule has 7 nitrogen and oxygen atoms in total. The SMILES string of the molecule is CSc1nc2n(Cn3cccn3)c(C)cc(=O)n2n1. The summed E-state index contributed by atoms with van der Waals surface area (Å²) in [5, 5.41) is 8.91. The van der Waals surface area contributed by atoms with Crippen molar-refractivity contribution >= 4 is 17.5 Å². The molecule has 0 bridgehead atoms. The summed E-state index contributed by atoms with van der Waals surface area (Å²) in [6.45, 7) is 2.37. The topological polar surface area (TPSA) is 70.0 Å². The molecule has 0 aliphatic heterocycles. The van der Waals surface area contributed by atoms with Gasteiger partial charge >= 0.3 is 0 Å². The lowest BCUT2D eigenvalue weighted by Gasteiger charge is -2.11. The zero-order chi connectivity index (χ0) is 13.4. The molecule has 0 unspecified atom stereocenters. The van der Waals surface area contributed by atoms with Crippen LogP contribution in [0, 0.1) is 6.92 Å². The second-order valence-electron chi connectivity index (χ2n) is 4.05. The maximum Gasteiger partial charge on any atom is 0.275 e. The summed E-state index contributed by atoms with van der Waals surface area (Å²) in [4.78, 5) is 16.3. The van der Waals surface area contributed by atoms with Crippen molar-refractivity contribution in [3.8, 4) is 0 Å². The molecule has 0 spiro atoms. The normalized spacial score (nSPS) is 11.3. The average Bonchev–Trinajstić information content (AvgIpc) is 3.03. The first-order chi connectivity index (χ1) is 9.19. The van der Waals surface area contributed by atoms with Crippen molar-refractivity contribution in [2.75, 3.05) is 6.26 Å². The van der Waals surface area contributed by atoms with Crippen molar-refractivity contribution in [2.24, 2.45) is 0 Å². The minimum atomic E-state index is -0.169. The van der Waals surface area contributed by atoms with Crippen molar-refractivity contribution in [2.45, 2.75) is 18.7 Å². The highest BCUT2D eigenvalue weighted by atomic mass is 32.2. The summed E-state index contributed by atoms with van der Waals surface area (Å²) in [5.41, 5.74) is 0.657. The van der Waals surface area contributed by atoms with Crippen LogP contribution in [-0.2, 0) is 6.67 Å². The monoisotopic (exact) mass is 276 g/mol. The van der Waals surface area contributed by atoms with Crippen molar-refractivity contribution < 1.29 is 0 Å². The van der Waals surface area contributed by atoms with Crippen molar-refractivity contribution in [3.63, 3.8) is 0 Å². The highest BCUT2D eigenvalue weighted by molar-refractivity contribution is 7.98. The van der Waals surface area contributed by atoms with Crippen molar-refractivity contribution in [3.05, 3.63) is 40.6 Å². The summed E-state index contributed by atoms with van der Waals surface area (Å²) in [6.07, 6.45) is 5.45. The van der Waals surface area contributed by atoms with Gasteiger partial charge in [0.2, 0.25) is 10.9 Å². The number of hydrogen-bond donors (Lipinski definition) is 0. The number of fused-ring (bicyclic) bond motifs is 1. The summed E-state index contributed by atoms with van der Waals surface area (Å²) in [5.74, 6) is 0.532. The van der Waals surface area contributed by atoms with E-state index < -0.39 is 0 Å². The molecular weight excluding hydrogens is 264 g/mol. The summed E-state index contributed by atoms with van der Waals surface area (Å²) >= 11 is 1.41. The van der Waals surface area contributed by atoms with Crippen LogP contribution in [0.4, 0.5) is 0 Å². The molecule has 8 heteroatoms. The lowest BCUT2D eigenvalue weighted by molar-refractivity contribution is 0.536. The Balaban J connectivity index is 2.22. The van der Waals surface area contributed by atoms with Gasteiger partial charge < -0.3 is 0 Å². The van der Waals surface area contributed by atoms with Gasteiger partial charge in [-0.15, -0.1) is 5.10 Å². The molecule has 0 N–H and O–H groups in total. The van der Waals surface area contributed by atoms with E-state index in [1.54, 1.807) is 16.9 Å². The Morgan fingerprint density at radius 3 is 2.95 bits per heavy atom.